The first kappa shape index (κ1) is 19.0. The standard InChI is InChI=1S/C21H27NO3/c1-14-11-19(24-10-6-9-22)12-15(2)21(14)20-8-5-7-18(16(20)3)13-25-17(4)23/h5,7-8,11-12H,6,9-10,13,22H2,1-4H3. The molecule has 0 bridgehead atoms. The van der Waals surface area contributed by atoms with Gasteiger partial charge in [-0.1, -0.05) is 18.2 Å². The van der Waals surface area contributed by atoms with Crippen molar-refractivity contribution in [3.05, 3.63) is 52.6 Å². The Morgan fingerprint density at radius 1 is 1.12 bits per heavy atom. The number of carbonyl (C=O) groups excluding carboxylic acids is 1. The lowest BCUT2D eigenvalue weighted by molar-refractivity contribution is -0.142. The van der Waals surface area contributed by atoms with Crippen LogP contribution in [0.2, 0.25) is 0 Å². The molecule has 0 fully saturated rings. The predicted octanol–water partition coefficient (Wildman–Crippen LogP) is 4.07. The molecule has 0 saturated heterocycles. The maximum atomic E-state index is 11.1. The van der Waals surface area contributed by atoms with E-state index in [4.69, 9.17) is 15.2 Å². The SMILES string of the molecule is CC(=O)OCc1cccc(-c2c(C)cc(OCCCN)cc2C)c1C. The molecule has 25 heavy (non-hydrogen) atoms. The molecule has 0 aromatic heterocycles. The van der Waals surface area contributed by atoms with E-state index in [1.54, 1.807) is 0 Å². The maximum Gasteiger partial charge on any atom is 0.302 e. The highest BCUT2D eigenvalue weighted by Gasteiger charge is 2.13. The van der Waals surface area contributed by atoms with E-state index in [1.807, 2.05) is 12.1 Å². The molecule has 0 aliphatic carbocycles. The van der Waals surface area contributed by atoms with Gasteiger partial charge in [0.05, 0.1) is 6.61 Å². The summed E-state index contributed by atoms with van der Waals surface area (Å²) in [5, 5.41) is 0. The van der Waals surface area contributed by atoms with Crippen molar-refractivity contribution in [1.29, 1.82) is 0 Å². The van der Waals surface area contributed by atoms with Crippen LogP contribution < -0.4 is 10.5 Å². The highest BCUT2D eigenvalue weighted by Crippen LogP contribution is 2.34. The molecule has 2 rings (SSSR count). The second kappa shape index (κ2) is 8.67. The Labute approximate surface area is 150 Å². The van der Waals surface area contributed by atoms with Crippen LogP contribution in [-0.2, 0) is 16.1 Å². The molecule has 0 atom stereocenters. The molecular weight excluding hydrogens is 314 g/mol. The van der Waals surface area contributed by atoms with Gasteiger partial charge in [-0.3, -0.25) is 4.79 Å². The number of carbonyl (C=O) groups is 1. The molecule has 0 unspecified atom stereocenters. The Morgan fingerprint density at radius 2 is 1.80 bits per heavy atom. The molecule has 2 aromatic carbocycles. The summed E-state index contributed by atoms with van der Waals surface area (Å²) in [6, 6.07) is 10.2. The van der Waals surface area contributed by atoms with Crippen molar-refractivity contribution in [2.45, 2.75) is 40.7 Å². The first-order valence-corrected chi connectivity index (χ1v) is 8.60. The summed E-state index contributed by atoms with van der Waals surface area (Å²) >= 11 is 0. The van der Waals surface area contributed by atoms with E-state index in [0.717, 1.165) is 40.0 Å². The summed E-state index contributed by atoms with van der Waals surface area (Å²) in [6.07, 6.45) is 0.844. The van der Waals surface area contributed by atoms with Gasteiger partial charge in [-0.25, -0.2) is 0 Å². The Bertz CT molecular complexity index is 730. The van der Waals surface area contributed by atoms with Gasteiger partial charge in [0.15, 0.2) is 0 Å². The minimum Gasteiger partial charge on any atom is -0.494 e. The fourth-order valence-corrected chi connectivity index (χ4v) is 3.00. The van der Waals surface area contributed by atoms with Gasteiger partial charge in [0.1, 0.15) is 12.4 Å². The van der Waals surface area contributed by atoms with Gasteiger partial charge >= 0.3 is 5.97 Å². The molecule has 2 N–H and O–H groups in total. The largest absolute Gasteiger partial charge is 0.494 e. The second-order valence-electron chi connectivity index (χ2n) is 6.29. The minimum atomic E-state index is -0.267. The summed E-state index contributed by atoms with van der Waals surface area (Å²) in [6.45, 7) is 9.24. The molecule has 134 valence electrons. The van der Waals surface area contributed by atoms with Crippen LogP contribution in [0.3, 0.4) is 0 Å². The van der Waals surface area contributed by atoms with Gasteiger partial charge in [-0.05, 0) is 79.3 Å². The number of benzene rings is 2. The molecule has 4 heteroatoms. The maximum absolute atomic E-state index is 11.1. The van der Waals surface area contributed by atoms with Crippen LogP contribution >= 0.6 is 0 Å². The number of esters is 1. The first-order chi connectivity index (χ1) is 11.9. The third kappa shape index (κ3) is 4.83. The molecule has 0 amide bonds. The molecule has 0 heterocycles. The van der Waals surface area contributed by atoms with E-state index >= 15 is 0 Å². The topological polar surface area (TPSA) is 61.5 Å². The van der Waals surface area contributed by atoms with Gasteiger partial charge in [-0.15, -0.1) is 0 Å². The van der Waals surface area contributed by atoms with E-state index in [2.05, 4.69) is 39.0 Å². The highest BCUT2D eigenvalue weighted by molar-refractivity contribution is 5.75. The Hall–Kier alpha value is -2.33. The molecule has 0 radical (unpaired) electrons. The van der Waals surface area contributed by atoms with E-state index in [-0.39, 0.29) is 5.97 Å². The van der Waals surface area contributed by atoms with Crippen LogP contribution in [0.5, 0.6) is 5.75 Å². The van der Waals surface area contributed by atoms with Crippen LogP contribution in [-0.4, -0.2) is 19.1 Å². The quantitative estimate of drug-likeness (QED) is 0.609. The third-order valence-electron chi connectivity index (χ3n) is 4.27. The first-order valence-electron chi connectivity index (χ1n) is 8.60. The van der Waals surface area contributed by atoms with E-state index < -0.39 is 0 Å². The Balaban J connectivity index is 2.35. The smallest absolute Gasteiger partial charge is 0.302 e. The second-order valence-corrected chi connectivity index (χ2v) is 6.29. The lowest BCUT2D eigenvalue weighted by atomic mass is 9.90. The molecule has 0 aliphatic heterocycles. The fourth-order valence-electron chi connectivity index (χ4n) is 3.00. The van der Waals surface area contributed by atoms with Crippen molar-refractivity contribution in [2.24, 2.45) is 5.73 Å². The lowest BCUT2D eigenvalue weighted by Crippen LogP contribution is -2.06. The van der Waals surface area contributed by atoms with Crippen LogP contribution in [0.4, 0.5) is 0 Å². The van der Waals surface area contributed by atoms with Crippen LogP contribution in [0.1, 0.15) is 35.6 Å². The normalized spacial score (nSPS) is 10.6. The highest BCUT2D eigenvalue weighted by atomic mass is 16.5. The Morgan fingerprint density at radius 3 is 2.40 bits per heavy atom. The monoisotopic (exact) mass is 341 g/mol. The van der Waals surface area contributed by atoms with Gasteiger partial charge < -0.3 is 15.2 Å². The van der Waals surface area contributed by atoms with Gasteiger partial charge in [0.25, 0.3) is 0 Å². The predicted molar refractivity (Wildman–Crippen MR) is 101 cm³/mol. The van der Waals surface area contributed by atoms with Crippen molar-refractivity contribution in [3.8, 4) is 16.9 Å². The molecule has 0 saturated carbocycles. The molecule has 0 spiro atoms. The van der Waals surface area contributed by atoms with Crippen LogP contribution in [0.25, 0.3) is 11.1 Å². The van der Waals surface area contributed by atoms with Crippen molar-refractivity contribution >= 4 is 5.97 Å². The zero-order valence-electron chi connectivity index (χ0n) is 15.5. The summed E-state index contributed by atoms with van der Waals surface area (Å²) in [7, 11) is 0. The summed E-state index contributed by atoms with van der Waals surface area (Å²) in [5.41, 5.74) is 12.4. The van der Waals surface area contributed by atoms with Crippen LogP contribution in [0.15, 0.2) is 30.3 Å². The zero-order valence-corrected chi connectivity index (χ0v) is 15.5. The zero-order chi connectivity index (χ0) is 18.4. The lowest BCUT2D eigenvalue weighted by Gasteiger charge is -2.17. The molecular formula is C21H27NO3. The number of nitrogens with two attached hydrogens (primary N) is 1. The van der Waals surface area contributed by atoms with Gasteiger partial charge in [0.2, 0.25) is 0 Å². The number of aryl methyl sites for hydroxylation is 2. The molecule has 4 nitrogen and oxygen atoms in total. The minimum absolute atomic E-state index is 0.267. The Kier molecular flexibility index (Phi) is 6.59. The third-order valence-corrected chi connectivity index (χ3v) is 4.27. The molecule has 2 aromatic rings. The van der Waals surface area contributed by atoms with E-state index in [0.29, 0.717) is 19.8 Å². The molecule has 0 aliphatic rings. The summed E-state index contributed by atoms with van der Waals surface area (Å²) in [5.74, 6) is 0.608. The van der Waals surface area contributed by atoms with Gasteiger partial charge in [-0.2, -0.15) is 0 Å². The average Bonchev–Trinajstić information content (AvgIpc) is 2.55. The van der Waals surface area contributed by atoms with Crippen molar-refractivity contribution < 1.29 is 14.3 Å². The summed E-state index contributed by atoms with van der Waals surface area (Å²) in [4.78, 5) is 11.1. The average molecular weight is 341 g/mol. The van der Waals surface area contributed by atoms with Gasteiger partial charge in [0, 0.05) is 6.92 Å². The van der Waals surface area contributed by atoms with Crippen molar-refractivity contribution in [2.75, 3.05) is 13.2 Å². The van der Waals surface area contributed by atoms with E-state index in [9.17, 15) is 4.79 Å². The number of rotatable bonds is 7. The number of hydrogen-bond donors (Lipinski definition) is 1. The summed E-state index contributed by atoms with van der Waals surface area (Å²) < 4.78 is 10.9. The van der Waals surface area contributed by atoms with Crippen LogP contribution in [0, 0.1) is 20.8 Å². The van der Waals surface area contributed by atoms with E-state index in [1.165, 1.54) is 12.5 Å². The fraction of sp³-hybridized carbons (Fsp3) is 0.381. The number of ether oxygens (including phenoxy) is 2. The van der Waals surface area contributed by atoms with Crippen molar-refractivity contribution in [3.63, 3.8) is 0 Å². The van der Waals surface area contributed by atoms with Crippen molar-refractivity contribution in [1.82, 2.24) is 0 Å². The number of hydrogen-bond acceptors (Lipinski definition) is 4.